The first kappa shape index (κ1) is 12.6. The van der Waals surface area contributed by atoms with Crippen LogP contribution in [-0.2, 0) is 16.7 Å². The zero-order chi connectivity index (χ0) is 12.3. The number of hydrogen-bond acceptors (Lipinski definition) is 2. The van der Waals surface area contributed by atoms with Crippen molar-refractivity contribution < 1.29 is 4.74 Å². The quantitative estimate of drug-likeness (QED) is 0.867. The highest BCUT2D eigenvalue weighted by Crippen LogP contribution is 2.36. The van der Waals surface area contributed by atoms with E-state index in [0.717, 1.165) is 19.3 Å². The van der Waals surface area contributed by atoms with E-state index in [1.807, 2.05) is 0 Å². The predicted octanol–water partition coefficient (Wildman–Crippen LogP) is 2.99. The van der Waals surface area contributed by atoms with E-state index in [-0.39, 0.29) is 11.6 Å². The molecule has 1 saturated carbocycles. The molecule has 0 radical (unpaired) electrons. The maximum absolute atomic E-state index is 6.43. The van der Waals surface area contributed by atoms with Crippen molar-refractivity contribution in [3.05, 3.63) is 35.4 Å². The van der Waals surface area contributed by atoms with Gasteiger partial charge in [-0.25, -0.2) is 0 Å². The average Bonchev–Trinajstić information content (AvgIpc) is 2.78. The van der Waals surface area contributed by atoms with Gasteiger partial charge in [0, 0.05) is 12.6 Å². The van der Waals surface area contributed by atoms with Gasteiger partial charge in [-0.1, -0.05) is 37.1 Å². The first-order chi connectivity index (χ1) is 8.14. The molecule has 2 N–H and O–H groups in total. The van der Waals surface area contributed by atoms with Gasteiger partial charge in [-0.3, -0.25) is 0 Å². The van der Waals surface area contributed by atoms with Crippen LogP contribution in [0.3, 0.4) is 0 Å². The lowest BCUT2D eigenvalue weighted by molar-refractivity contribution is 0.119. The van der Waals surface area contributed by atoms with Gasteiger partial charge in [-0.05, 0) is 37.3 Å². The second kappa shape index (κ2) is 5.19. The molecule has 0 spiro atoms. The van der Waals surface area contributed by atoms with E-state index in [0.29, 0.717) is 0 Å². The maximum Gasteiger partial charge on any atom is 0.0583 e. The van der Waals surface area contributed by atoms with Crippen LogP contribution in [0, 0.1) is 0 Å². The van der Waals surface area contributed by atoms with Gasteiger partial charge in [0.15, 0.2) is 0 Å². The molecular formula is C15H23NO. The second-order valence-corrected chi connectivity index (χ2v) is 5.31. The molecule has 1 unspecified atom stereocenters. The van der Waals surface area contributed by atoms with Crippen molar-refractivity contribution in [2.75, 3.05) is 7.11 Å². The molecule has 2 nitrogen and oxygen atoms in total. The molecule has 1 fully saturated rings. The van der Waals surface area contributed by atoms with E-state index in [1.165, 1.54) is 24.0 Å². The Hall–Kier alpha value is -0.860. The molecule has 0 bridgehead atoms. The van der Waals surface area contributed by atoms with Gasteiger partial charge in [0.25, 0.3) is 0 Å². The van der Waals surface area contributed by atoms with Gasteiger partial charge in [0.05, 0.1) is 6.10 Å². The summed E-state index contributed by atoms with van der Waals surface area (Å²) in [6.45, 7) is 2.09. The van der Waals surface area contributed by atoms with Crippen LogP contribution in [0.5, 0.6) is 0 Å². The van der Waals surface area contributed by atoms with Crippen LogP contribution < -0.4 is 5.73 Å². The SMILES string of the molecule is COC(C)Cc1ccc(C2(N)CCCC2)cc1. The lowest BCUT2D eigenvalue weighted by atomic mass is 9.88. The summed E-state index contributed by atoms with van der Waals surface area (Å²) in [5.74, 6) is 0. The fraction of sp³-hybridized carbons (Fsp3) is 0.600. The summed E-state index contributed by atoms with van der Waals surface area (Å²) in [6, 6.07) is 8.78. The molecule has 0 saturated heterocycles. The van der Waals surface area contributed by atoms with Gasteiger partial charge < -0.3 is 10.5 Å². The van der Waals surface area contributed by atoms with Crippen LogP contribution in [0.25, 0.3) is 0 Å². The Balaban J connectivity index is 2.07. The summed E-state index contributed by atoms with van der Waals surface area (Å²) in [7, 11) is 1.76. The van der Waals surface area contributed by atoms with E-state index in [9.17, 15) is 0 Å². The van der Waals surface area contributed by atoms with Crippen molar-refractivity contribution >= 4 is 0 Å². The summed E-state index contributed by atoms with van der Waals surface area (Å²) in [6.07, 6.45) is 6.02. The molecule has 0 heterocycles. The highest BCUT2D eigenvalue weighted by molar-refractivity contribution is 5.29. The number of methoxy groups -OCH3 is 1. The minimum atomic E-state index is -0.0641. The summed E-state index contributed by atoms with van der Waals surface area (Å²) < 4.78 is 5.28. The number of ether oxygens (including phenoxy) is 1. The van der Waals surface area contributed by atoms with E-state index >= 15 is 0 Å². The van der Waals surface area contributed by atoms with Crippen molar-refractivity contribution in [1.82, 2.24) is 0 Å². The molecule has 2 rings (SSSR count). The van der Waals surface area contributed by atoms with E-state index < -0.39 is 0 Å². The molecule has 94 valence electrons. The van der Waals surface area contributed by atoms with Crippen LogP contribution >= 0.6 is 0 Å². The van der Waals surface area contributed by atoms with Crippen molar-refractivity contribution in [2.45, 2.75) is 50.7 Å². The molecule has 1 atom stereocenters. The van der Waals surface area contributed by atoms with Crippen LogP contribution in [0.4, 0.5) is 0 Å². The number of rotatable bonds is 4. The van der Waals surface area contributed by atoms with Gasteiger partial charge in [0.2, 0.25) is 0 Å². The monoisotopic (exact) mass is 233 g/mol. The Labute approximate surface area is 104 Å². The minimum absolute atomic E-state index is 0.0641. The Bertz CT molecular complexity index is 352. The molecule has 2 heteroatoms. The molecule has 1 aromatic carbocycles. The van der Waals surface area contributed by atoms with Crippen LogP contribution in [0.15, 0.2) is 24.3 Å². The zero-order valence-corrected chi connectivity index (χ0v) is 10.9. The van der Waals surface area contributed by atoms with Gasteiger partial charge >= 0.3 is 0 Å². The summed E-state index contributed by atoms with van der Waals surface area (Å²) in [5, 5.41) is 0. The van der Waals surface area contributed by atoms with Crippen molar-refractivity contribution in [2.24, 2.45) is 5.73 Å². The summed E-state index contributed by atoms with van der Waals surface area (Å²) in [4.78, 5) is 0. The average molecular weight is 233 g/mol. The van der Waals surface area contributed by atoms with Crippen LogP contribution in [0.1, 0.15) is 43.7 Å². The standard InChI is InChI=1S/C15H23NO/c1-12(17-2)11-13-5-7-14(8-6-13)15(16)9-3-4-10-15/h5-8,12H,3-4,9-11,16H2,1-2H3. The summed E-state index contributed by atoms with van der Waals surface area (Å²) in [5.41, 5.74) is 8.99. The van der Waals surface area contributed by atoms with E-state index in [4.69, 9.17) is 10.5 Å². The number of nitrogens with two attached hydrogens (primary N) is 1. The lowest BCUT2D eigenvalue weighted by Crippen LogP contribution is -2.32. The van der Waals surface area contributed by atoms with Gasteiger partial charge in [0.1, 0.15) is 0 Å². The van der Waals surface area contributed by atoms with E-state index in [2.05, 4.69) is 31.2 Å². The van der Waals surface area contributed by atoms with Gasteiger partial charge in [-0.2, -0.15) is 0 Å². The minimum Gasteiger partial charge on any atom is -0.381 e. The highest BCUT2D eigenvalue weighted by atomic mass is 16.5. The smallest absolute Gasteiger partial charge is 0.0583 e. The Morgan fingerprint density at radius 2 is 1.82 bits per heavy atom. The van der Waals surface area contributed by atoms with Crippen molar-refractivity contribution in [3.63, 3.8) is 0 Å². The zero-order valence-electron chi connectivity index (χ0n) is 10.9. The first-order valence-corrected chi connectivity index (χ1v) is 6.55. The molecule has 1 aliphatic rings. The number of benzene rings is 1. The normalized spacial score (nSPS) is 20.4. The third-order valence-corrected chi connectivity index (χ3v) is 3.95. The largest absolute Gasteiger partial charge is 0.381 e. The topological polar surface area (TPSA) is 35.2 Å². The Morgan fingerprint density at radius 3 is 2.35 bits per heavy atom. The third-order valence-electron chi connectivity index (χ3n) is 3.95. The molecule has 0 aromatic heterocycles. The lowest BCUT2D eigenvalue weighted by Gasteiger charge is -2.24. The predicted molar refractivity (Wildman–Crippen MR) is 71.0 cm³/mol. The molecule has 1 aromatic rings. The fourth-order valence-corrected chi connectivity index (χ4v) is 2.68. The molecular weight excluding hydrogens is 210 g/mol. The van der Waals surface area contributed by atoms with Crippen LogP contribution in [0.2, 0.25) is 0 Å². The number of hydrogen-bond donors (Lipinski definition) is 1. The molecule has 17 heavy (non-hydrogen) atoms. The highest BCUT2D eigenvalue weighted by Gasteiger charge is 2.30. The van der Waals surface area contributed by atoms with Crippen molar-refractivity contribution in [1.29, 1.82) is 0 Å². The van der Waals surface area contributed by atoms with Gasteiger partial charge in [-0.15, -0.1) is 0 Å². The molecule has 0 aliphatic heterocycles. The van der Waals surface area contributed by atoms with E-state index in [1.54, 1.807) is 7.11 Å². The third kappa shape index (κ3) is 2.88. The fourth-order valence-electron chi connectivity index (χ4n) is 2.68. The van der Waals surface area contributed by atoms with Crippen molar-refractivity contribution in [3.8, 4) is 0 Å². The summed E-state index contributed by atoms with van der Waals surface area (Å²) >= 11 is 0. The van der Waals surface area contributed by atoms with Crippen LogP contribution in [-0.4, -0.2) is 13.2 Å². The maximum atomic E-state index is 6.43. The molecule has 0 amide bonds. The first-order valence-electron chi connectivity index (χ1n) is 6.55. The molecule has 1 aliphatic carbocycles. The second-order valence-electron chi connectivity index (χ2n) is 5.31. The Morgan fingerprint density at radius 1 is 1.24 bits per heavy atom. The Kier molecular flexibility index (Phi) is 3.85.